The van der Waals surface area contributed by atoms with Gasteiger partial charge in [-0.25, -0.2) is 0 Å². The lowest BCUT2D eigenvalue weighted by Gasteiger charge is -2.31. The van der Waals surface area contributed by atoms with Crippen molar-refractivity contribution in [1.82, 2.24) is 10.2 Å². The molecule has 1 atom stereocenters. The minimum Gasteiger partial charge on any atom is -0.497 e. The van der Waals surface area contributed by atoms with Gasteiger partial charge in [-0.15, -0.1) is 0 Å². The summed E-state index contributed by atoms with van der Waals surface area (Å²) in [6.45, 7) is 10.8. The van der Waals surface area contributed by atoms with E-state index in [1.807, 2.05) is 62.4 Å². The van der Waals surface area contributed by atoms with Crippen LogP contribution in [0.1, 0.15) is 52.2 Å². The summed E-state index contributed by atoms with van der Waals surface area (Å²) >= 11 is 0. The van der Waals surface area contributed by atoms with Crippen molar-refractivity contribution in [2.24, 2.45) is 0 Å². The first-order valence-electron chi connectivity index (χ1n) is 11.1. The third-order valence-corrected chi connectivity index (χ3v) is 5.30. The predicted molar refractivity (Wildman–Crippen MR) is 127 cm³/mol. The van der Waals surface area contributed by atoms with Gasteiger partial charge < -0.3 is 19.7 Å². The molecule has 0 saturated carbocycles. The second-order valence-electron chi connectivity index (χ2n) is 8.72. The third kappa shape index (κ3) is 6.74. The first kappa shape index (κ1) is 25.2. The highest BCUT2D eigenvalue weighted by molar-refractivity contribution is 5.88. The van der Waals surface area contributed by atoms with Crippen molar-refractivity contribution < 1.29 is 19.1 Å². The summed E-state index contributed by atoms with van der Waals surface area (Å²) in [5, 5.41) is 2.85. The van der Waals surface area contributed by atoms with Crippen LogP contribution in [0.2, 0.25) is 0 Å². The average molecular weight is 441 g/mol. The average Bonchev–Trinajstić information content (AvgIpc) is 2.77. The number of hydrogen-bond donors (Lipinski definition) is 1. The molecule has 2 aromatic carbocycles. The summed E-state index contributed by atoms with van der Waals surface area (Å²) in [5.41, 5.74) is 1.83. The number of methoxy groups -OCH3 is 1. The van der Waals surface area contributed by atoms with E-state index in [-0.39, 0.29) is 23.8 Å². The number of likely N-dealkylation sites (N-methyl/N-ethyl adjacent to an activating group) is 1. The minimum atomic E-state index is -0.578. The summed E-state index contributed by atoms with van der Waals surface area (Å²) < 4.78 is 11.2. The SMILES string of the molecule is CCNC(=O)[C@H](CC)N(Cc1ccc(OC)cc1)C(=O)COc1ccccc1C(C)(C)C. The van der Waals surface area contributed by atoms with Gasteiger partial charge in [-0.2, -0.15) is 0 Å². The Morgan fingerprint density at radius 3 is 2.25 bits per heavy atom. The standard InChI is InChI=1S/C26H36N2O4/c1-7-22(25(30)27-8-2)28(17-19-13-15-20(31-6)16-14-19)24(29)18-32-23-12-10-9-11-21(23)26(3,4)5/h9-16,22H,7-8,17-18H2,1-6H3,(H,27,30)/t22-/m0/s1. The van der Waals surface area contributed by atoms with Crippen molar-refractivity contribution in [2.45, 2.75) is 59.0 Å². The van der Waals surface area contributed by atoms with Gasteiger partial charge in [0.1, 0.15) is 17.5 Å². The molecule has 2 aromatic rings. The second kappa shape index (κ2) is 11.6. The first-order chi connectivity index (χ1) is 15.2. The Hall–Kier alpha value is -3.02. The zero-order valence-corrected chi connectivity index (χ0v) is 20.1. The molecular formula is C26H36N2O4. The molecule has 0 unspecified atom stereocenters. The fourth-order valence-electron chi connectivity index (χ4n) is 3.57. The Labute approximate surface area is 191 Å². The van der Waals surface area contributed by atoms with E-state index in [1.54, 1.807) is 12.0 Å². The molecule has 1 N–H and O–H groups in total. The molecule has 0 fully saturated rings. The largest absolute Gasteiger partial charge is 0.497 e. The first-order valence-corrected chi connectivity index (χ1v) is 11.1. The molecule has 0 aliphatic carbocycles. The number of nitrogens with zero attached hydrogens (tertiary/aromatic N) is 1. The number of rotatable bonds is 10. The highest BCUT2D eigenvalue weighted by Gasteiger charge is 2.29. The van der Waals surface area contributed by atoms with E-state index in [0.717, 1.165) is 16.9 Å². The third-order valence-electron chi connectivity index (χ3n) is 5.30. The van der Waals surface area contributed by atoms with Crippen LogP contribution in [0.3, 0.4) is 0 Å². The van der Waals surface area contributed by atoms with Crippen LogP contribution < -0.4 is 14.8 Å². The summed E-state index contributed by atoms with van der Waals surface area (Å²) in [5.74, 6) is 1.03. The van der Waals surface area contributed by atoms with Crippen LogP contribution in [-0.2, 0) is 21.5 Å². The lowest BCUT2D eigenvalue weighted by atomic mass is 9.86. The van der Waals surface area contributed by atoms with E-state index in [9.17, 15) is 9.59 Å². The normalized spacial score (nSPS) is 12.1. The van der Waals surface area contributed by atoms with E-state index in [2.05, 4.69) is 26.1 Å². The van der Waals surface area contributed by atoms with Crippen molar-refractivity contribution in [3.8, 4) is 11.5 Å². The molecule has 0 spiro atoms. The molecule has 0 aliphatic rings. The Bertz CT molecular complexity index is 887. The van der Waals surface area contributed by atoms with Crippen LogP contribution in [0.4, 0.5) is 0 Å². The maximum Gasteiger partial charge on any atom is 0.261 e. The highest BCUT2D eigenvalue weighted by Crippen LogP contribution is 2.31. The summed E-state index contributed by atoms with van der Waals surface area (Å²) in [4.78, 5) is 27.6. The fraction of sp³-hybridized carbons (Fsp3) is 0.462. The van der Waals surface area contributed by atoms with Gasteiger partial charge in [0.25, 0.3) is 5.91 Å². The zero-order chi connectivity index (χ0) is 23.7. The maximum absolute atomic E-state index is 13.3. The monoisotopic (exact) mass is 440 g/mol. The van der Waals surface area contributed by atoms with Gasteiger partial charge in [0, 0.05) is 13.1 Å². The van der Waals surface area contributed by atoms with E-state index in [1.165, 1.54) is 0 Å². The van der Waals surface area contributed by atoms with Gasteiger partial charge in [-0.1, -0.05) is 58.0 Å². The summed E-state index contributed by atoms with van der Waals surface area (Å²) in [6.07, 6.45) is 0.506. The number of ether oxygens (including phenoxy) is 2. The van der Waals surface area contributed by atoms with Gasteiger partial charge in [0.15, 0.2) is 6.61 Å². The molecule has 0 radical (unpaired) electrons. The molecular weight excluding hydrogens is 404 g/mol. The molecule has 0 heterocycles. The lowest BCUT2D eigenvalue weighted by Crippen LogP contribution is -2.50. The van der Waals surface area contributed by atoms with Crippen molar-refractivity contribution in [1.29, 1.82) is 0 Å². The lowest BCUT2D eigenvalue weighted by molar-refractivity contribution is -0.142. The van der Waals surface area contributed by atoms with Gasteiger partial charge in [-0.05, 0) is 48.1 Å². The predicted octanol–water partition coefficient (Wildman–Crippen LogP) is 4.32. The van der Waals surface area contributed by atoms with Gasteiger partial charge in [0.05, 0.1) is 7.11 Å². The van der Waals surface area contributed by atoms with Crippen molar-refractivity contribution in [3.63, 3.8) is 0 Å². The van der Waals surface area contributed by atoms with Crippen LogP contribution in [-0.4, -0.2) is 43.0 Å². The van der Waals surface area contributed by atoms with Crippen molar-refractivity contribution in [2.75, 3.05) is 20.3 Å². The van der Waals surface area contributed by atoms with E-state index in [0.29, 0.717) is 25.3 Å². The smallest absolute Gasteiger partial charge is 0.261 e. The van der Waals surface area contributed by atoms with E-state index in [4.69, 9.17) is 9.47 Å². The van der Waals surface area contributed by atoms with Gasteiger partial charge in [0.2, 0.25) is 5.91 Å². The number of carbonyl (C=O) groups is 2. The number of para-hydroxylation sites is 1. The Kier molecular flexibility index (Phi) is 9.12. The van der Waals surface area contributed by atoms with Crippen LogP contribution in [0, 0.1) is 0 Å². The Morgan fingerprint density at radius 1 is 1.03 bits per heavy atom. The van der Waals surface area contributed by atoms with Crippen LogP contribution in [0.5, 0.6) is 11.5 Å². The van der Waals surface area contributed by atoms with Crippen molar-refractivity contribution >= 4 is 11.8 Å². The number of hydrogen-bond acceptors (Lipinski definition) is 4. The molecule has 6 heteroatoms. The Morgan fingerprint density at radius 2 is 1.69 bits per heavy atom. The topological polar surface area (TPSA) is 67.9 Å². The molecule has 0 bridgehead atoms. The molecule has 0 saturated heterocycles. The number of benzene rings is 2. The minimum absolute atomic E-state index is 0.116. The molecule has 0 aliphatic heterocycles. The number of amides is 2. The quantitative estimate of drug-likeness (QED) is 0.598. The molecule has 32 heavy (non-hydrogen) atoms. The molecule has 0 aromatic heterocycles. The zero-order valence-electron chi connectivity index (χ0n) is 20.1. The molecule has 2 rings (SSSR count). The molecule has 174 valence electrons. The highest BCUT2D eigenvalue weighted by atomic mass is 16.5. The van der Waals surface area contributed by atoms with Crippen LogP contribution in [0.25, 0.3) is 0 Å². The molecule has 6 nitrogen and oxygen atoms in total. The fourth-order valence-corrected chi connectivity index (χ4v) is 3.57. The number of nitrogens with one attached hydrogen (secondary N) is 1. The van der Waals surface area contributed by atoms with Crippen LogP contribution in [0.15, 0.2) is 48.5 Å². The molecule has 2 amide bonds. The van der Waals surface area contributed by atoms with E-state index >= 15 is 0 Å². The van der Waals surface area contributed by atoms with Gasteiger partial charge >= 0.3 is 0 Å². The van der Waals surface area contributed by atoms with Crippen LogP contribution >= 0.6 is 0 Å². The van der Waals surface area contributed by atoms with Gasteiger partial charge in [-0.3, -0.25) is 9.59 Å². The second-order valence-corrected chi connectivity index (χ2v) is 8.72. The summed E-state index contributed by atoms with van der Waals surface area (Å²) in [6, 6.07) is 14.7. The summed E-state index contributed by atoms with van der Waals surface area (Å²) in [7, 11) is 1.61. The van der Waals surface area contributed by atoms with Crippen molar-refractivity contribution in [3.05, 3.63) is 59.7 Å². The Balaban J connectivity index is 2.26. The number of carbonyl (C=O) groups excluding carboxylic acids is 2. The van der Waals surface area contributed by atoms with E-state index < -0.39 is 6.04 Å². The maximum atomic E-state index is 13.3.